The number of likely N-dealkylation sites (tertiary alicyclic amines) is 1. The van der Waals surface area contributed by atoms with Crippen molar-refractivity contribution >= 4 is 11.9 Å². The summed E-state index contributed by atoms with van der Waals surface area (Å²) in [5, 5.41) is 9.02. The van der Waals surface area contributed by atoms with E-state index in [1.807, 2.05) is 0 Å². The Balaban J connectivity index is 2.25. The minimum absolute atomic E-state index is 0.335. The summed E-state index contributed by atoms with van der Waals surface area (Å²) in [4.78, 5) is 24.5. The minimum atomic E-state index is -0.986. The molecule has 96 valence electrons. The van der Waals surface area contributed by atoms with E-state index >= 15 is 0 Å². The molecule has 1 aromatic carbocycles. The van der Waals surface area contributed by atoms with Gasteiger partial charge in [0, 0.05) is 12.1 Å². The molecule has 4 nitrogen and oxygen atoms in total. The highest BCUT2D eigenvalue weighted by Crippen LogP contribution is 2.21. The molecule has 0 unspecified atom stereocenters. The van der Waals surface area contributed by atoms with Crippen LogP contribution < -0.4 is 0 Å². The quantitative estimate of drug-likeness (QED) is 0.872. The van der Waals surface area contributed by atoms with Crippen LogP contribution in [0.25, 0.3) is 0 Å². The van der Waals surface area contributed by atoms with Crippen LogP contribution in [0.1, 0.15) is 28.8 Å². The van der Waals surface area contributed by atoms with Gasteiger partial charge in [-0.15, -0.1) is 0 Å². The summed E-state index contributed by atoms with van der Waals surface area (Å²) in [5.74, 6) is -1.70. The molecule has 1 aliphatic heterocycles. The molecular formula is C13H14FNO3. The normalized spacial score (nSPS) is 19.0. The lowest BCUT2D eigenvalue weighted by molar-refractivity contribution is -0.141. The third-order valence-electron chi connectivity index (χ3n) is 3.20. The molecule has 0 bridgehead atoms. The van der Waals surface area contributed by atoms with Crippen molar-refractivity contribution in [3.8, 4) is 0 Å². The number of hydrogen-bond donors (Lipinski definition) is 1. The van der Waals surface area contributed by atoms with Gasteiger partial charge >= 0.3 is 5.97 Å². The van der Waals surface area contributed by atoms with Crippen molar-refractivity contribution < 1.29 is 19.1 Å². The number of carboxylic acid groups (broad SMARTS) is 1. The Morgan fingerprint density at radius 3 is 2.78 bits per heavy atom. The Morgan fingerprint density at radius 2 is 2.17 bits per heavy atom. The van der Waals surface area contributed by atoms with Crippen LogP contribution in [0.4, 0.5) is 4.39 Å². The highest BCUT2D eigenvalue weighted by Gasteiger charge is 2.34. The average molecular weight is 251 g/mol. The number of nitrogens with zero attached hydrogens (tertiary/aromatic N) is 1. The first kappa shape index (κ1) is 12.5. The molecule has 0 aliphatic carbocycles. The van der Waals surface area contributed by atoms with Crippen molar-refractivity contribution in [1.29, 1.82) is 0 Å². The Hall–Kier alpha value is -1.91. The maximum absolute atomic E-state index is 13.1. The molecule has 5 heteroatoms. The molecule has 1 N–H and O–H groups in total. The molecule has 1 heterocycles. The van der Waals surface area contributed by atoms with E-state index in [-0.39, 0.29) is 11.7 Å². The topological polar surface area (TPSA) is 57.6 Å². The van der Waals surface area contributed by atoms with Crippen molar-refractivity contribution in [2.24, 2.45) is 0 Å². The Kier molecular flexibility index (Phi) is 3.32. The van der Waals surface area contributed by atoms with Crippen molar-refractivity contribution in [1.82, 2.24) is 4.90 Å². The standard InChI is InChI=1S/C13H14FNO3/c1-8-7-9(4-5-10(8)14)12(16)15-6-2-3-11(15)13(17)18/h4-5,7,11H,2-3,6H2,1H3,(H,17,18)/t11-/m0/s1. The van der Waals surface area contributed by atoms with Gasteiger partial charge in [0.1, 0.15) is 11.9 Å². The van der Waals surface area contributed by atoms with E-state index < -0.39 is 12.0 Å². The fourth-order valence-corrected chi connectivity index (χ4v) is 2.21. The summed E-state index contributed by atoms with van der Waals surface area (Å²) in [7, 11) is 0. The third kappa shape index (κ3) is 2.20. The molecule has 1 aromatic rings. The first-order chi connectivity index (χ1) is 8.50. The summed E-state index contributed by atoms with van der Waals surface area (Å²) < 4.78 is 13.1. The number of carbonyl (C=O) groups excluding carboxylic acids is 1. The van der Waals surface area contributed by atoms with Crippen LogP contribution >= 0.6 is 0 Å². The zero-order valence-electron chi connectivity index (χ0n) is 10.0. The molecule has 0 aromatic heterocycles. The monoisotopic (exact) mass is 251 g/mol. The molecule has 0 radical (unpaired) electrons. The molecule has 1 aliphatic rings. The summed E-state index contributed by atoms with van der Waals surface area (Å²) >= 11 is 0. The number of aryl methyl sites for hydroxylation is 1. The lowest BCUT2D eigenvalue weighted by Crippen LogP contribution is -2.40. The number of rotatable bonds is 2. The van der Waals surface area contributed by atoms with Crippen LogP contribution in [-0.4, -0.2) is 34.5 Å². The van der Waals surface area contributed by atoms with E-state index in [1.165, 1.54) is 23.1 Å². The SMILES string of the molecule is Cc1cc(C(=O)N2CCC[C@H]2C(=O)O)ccc1F. The van der Waals surface area contributed by atoms with Gasteiger partial charge < -0.3 is 10.0 Å². The van der Waals surface area contributed by atoms with Gasteiger partial charge in [-0.2, -0.15) is 0 Å². The number of hydrogen-bond acceptors (Lipinski definition) is 2. The summed E-state index contributed by atoms with van der Waals surface area (Å²) in [6.07, 6.45) is 1.16. The van der Waals surface area contributed by atoms with Gasteiger partial charge in [-0.1, -0.05) is 0 Å². The van der Waals surface area contributed by atoms with Gasteiger partial charge in [0.25, 0.3) is 5.91 Å². The van der Waals surface area contributed by atoms with E-state index in [1.54, 1.807) is 6.92 Å². The first-order valence-electron chi connectivity index (χ1n) is 5.80. The van der Waals surface area contributed by atoms with Gasteiger partial charge in [0.05, 0.1) is 0 Å². The van der Waals surface area contributed by atoms with Crippen LogP contribution in [0.2, 0.25) is 0 Å². The van der Waals surface area contributed by atoms with E-state index in [2.05, 4.69) is 0 Å². The number of benzene rings is 1. The molecule has 1 atom stereocenters. The number of aliphatic carboxylic acids is 1. The Bertz CT molecular complexity index is 501. The first-order valence-corrected chi connectivity index (χ1v) is 5.80. The second-order valence-electron chi connectivity index (χ2n) is 4.46. The Morgan fingerprint density at radius 1 is 1.44 bits per heavy atom. The predicted molar refractivity (Wildman–Crippen MR) is 62.8 cm³/mol. The maximum atomic E-state index is 13.1. The van der Waals surface area contributed by atoms with Crippen LogP contribution in [0, 0.1) is 12.7 Å². The summed E-state index contributed by atoms with van der Waals surface area (Å²) in [5.41, 5.74) is 0.717. The van der Waals surface area contributed by atoms with Crippen molar-refractivity contribution in [3.63, 3.8) is 0 Å². The van der Waals surface area contributed by atoms with Crippen molar-refractivity contribution in [3.05, 3.63) is 35.1 Å². The lowest BCUT2D eigenvalue weighted by Gasteiger charge is -2.21. The molecule has 0 saturated carbocycles. The van der Waals surface area contributed by atoms with Gasteiger partial charge in [-0.3, -0.25) is 4.79 Å². The van der Waals surface area contributed by atoms with E-state index in [0.717, 1.165) is 0 Å². The smallest absolute Gasteiger partial charge is 0.326 e. The van der Waals surface area contributed by atoms with Gasteiger partial charge in [-0.25, -0.2) is 9.18 Å². The molecule has 0 spiro atoms. The molecule has 1 saturated heterocycles. The molecule has 2 rings (SSSR count). The molecular weight excluding hydrogens is 237 g/mol. The minimum Gasteiger partial charge on any atom is -0.480 e. The predicted octanol–water partition coefficient (Wildman–Crippen LogP) is 1.82. The zero-order chi connectivity index (χ0) is 13.3. The van der Waals surface area contributed by atoms with Crippen LogP contribution in [0.15, 0.2) is 18.2 Å². The average Bonchev–Trinajstić information content (AvgIpc) is 2.81. The molecule has 1 amide bonds. The highest BCUT2D eigenvalue weighted by molar-refractivity contribution is 5.97. The van der Waals surface area contributed by atoms with E-state index in [4.69, 9.17) is 5.11 Å². The van der Waals surface area contributed by atoms with Crippen LogP contribution in [-0.2, 0) is 4.79 Å². The zero-order valence-corrected chi connectivity index (χ0v) is 10.0. The number of carboxylic acids is 1. The molecule has 18 heavy (non-hydrogen) atoms. The second kappa shape index (κ2) is 4.76. The van der Waals surface area contributed by atoms with Crippen molar-refractivity contribution in [2.75, 3.05) is 6.54 Å². The van der Waals surface area contributed by atoms with E-state index in [9.17, 15) is 14.0 Å². The third-order valence-corrected chi connectivity index (χ3v) is 3.20. The highest BCUT2D eigenvalue weighted by atomic mass is 19.1. The van der Waals surface area contributed by atoms with Gasteiger partial charge in [0.15, 0.2) is 0 Å². The molecule has 1 fully saturated rings. The van der Waals surface area contributed by atoms with Gasteiger partial charge in [-0.05, 0) is 43.5 Å². The van der Waals surface area contributed by atoms with Crippen LogP contribution in [0.5, 0.6) is 0 Å². The van der Waals surface area contributed by atoms with Gasteiger partial charge in [0.2, 0.25) is 0 Å². The second-order valence-corrected chi connectivity index (χ2v) is 4.46. The summed E-state index contributed by atoms with van der Waals surface area (Å²) in [6.45, 7) is 2.01. The maximum Gasteiger partial charge on any atom is 0.326 e. The van der Waals surface area contributed by atoms with Crippen LogP contribution in [0.3, 0.4) is 0 Å². The fourth-order valence-electron chi connectivity index (χ4n) is 2.21. The number of amides is 1. The largest absolute Gasteiger partial charge is 0.480 e. The van der Waals surface area contributed by atoms with Crippen molar-refractivity contribution in [2.45, 2.75) is 25.8 Å². The van der Waals surface area contributed by atoms with E-state index in [0.29, 0.717) is 30.5 Å². The lowest BCUT2D eigenvalue weighted by atomic mass is 10.1. The fraction of sp³-hybridized carbons (Fsp3) is 0.385. The number of carbonyl (C=O) groups is 2. The Labute approximate surface area is 104 Å². The summed E-state index contributed by atoms with van der Waals surface area (Å²) in [6, 6.07) is 3.31. The number of halogens is 1.